The highest BCUT2D eigenvalue weighted by molar-refractivity contribution is 5.51. The number of ether oxygens (including phenoxy) is 1. The zero-order valence-corrected chi connectivity index (χ0v) is 17.6. The molecule has 0 radical (unpaired) electrons. The summed E-state index contributed by atoms with van der Waals surface area (Å²) in [6, 6.07) is 14.5. The van der Waals surface area contributed by atoms with Crippen molar-refractivity contribution in [3.05, 3.63) is 77.4 Å². The molecule has 1 fully saturated rings. The molecule has 1 aromatic carbocycles. The fourth-order valence-corrected chi connectivity index (χ4v) is 3.63. The number of nitrogens with two attached hydrogens (primary N) is 1. The molecule has 6 heteroatoms. The van der Waals surface area contributed by atoms with Crippen LogP contribution in [0.25, 0.3) is 0 Å². The maximum absolute atomic E-state index is 6.14. The van der Waals surface area contributed by atoms with Gasteiger partial charge in [0.15, 0.2) is 0 Å². The molecule has 0 aliphatic carbocycles. The van der Waals surface area contributed by atoms with Crippen LogP contribution in [0.1, 0.15) is 35.2 Å². The Kier molecular flexibility index (Phi) is 7.09. The van der Waals surface area contributed by atoms with Crippen LogP contribution in [0.15, 0.2) is 55.0 Å². The van der Waals surface area contributed by atoms with E-state index in [1.807, 2.05) is 24.4 Å². The summed E-state index contributed by atoms with van der Waals surface area (Å²) >= 11 is 0. The number of unbranched alkanes of at least 4 members (excludes halogenated alkanes) is 1. The molecule has 0 unspecified atom stereocenters. The summed E-state index contributed by atoms with van der Waals surface area (Å²) in [6.45, 7) is 3.22. The maximum atomic E-state index is 6.14. The third-order valence-corrected chi connectivity index (χ3v) is 5.37. The molecule has 0 amide bonds. The van der Waals surface area contributed by atoms with Crippen molar-refractivity contribution in [2.45, 2.75) is 25.7 Å². The highest BCUT2D eigenvalue weighted by Gasteiger charge is 2.12. The lowest BCUT2D eigenvalue weighted by Crippen LogP contribution is -2.36. The Labute approximate surface area is 183 Å². The number of morpholine rings is 1. The van der Waals surface area contributed by atoms with E-state index in [-0.39, 0.29) is 0 Å². The highest BCUT2D eigenvalue weighted by atomic mass is 16.5. The average Bonchev–Trinajstić information content (AvgIpc) is 2.83. The minimum Gasteiger partial charge on any atom is -0.383 e. The van der Waals surface area contributed by atoms with Gasteiger partial charge in [-0.25, -0.2) is 15.0 Å². The predicted molar refractivity (Wildman–Crippen MR) is 123 cm³/mol. The topological polar surface area (TPSA) is 77.2 Å². The zero-order chi connectivity index (χ0) is 21.3. The number of hydrogen-bond acceptors (Lipinski definition) is 6. The first-order chi connectivity index (χ1) is 15.3. The van der Waals surface area contributed by atoms with Crippen molar-refractivity contribution in [2.75, 3.05) is 36.9 Å². The molecule has 4 rings (SSSR count). The van der Waals surface area contributed by atoms with Gasteiger partial charge in [-0.15, -0.1) is 0 Å². The standard InChI is InChI=1S/C25H27N5O/c26-25-22(9-5-4-8-20-6-2-1-3-7-20)23(28-19-29-25)12-10-21-11-13-24(27-18-21)30-14-16-31-17-15-30/h1-3,6-7,11,13,18-19H,4-5,8-9,14-17H2,(H2,26,28,29). The van der Waals surface area contributed by atoms with Crippen LogP contribution in [-0.4, -0.2) is 41.3 Å². The molecule has 0 atom stereocenters. The quantitative estimate of drug-likeness (QED) is 0.494. The molecule has 1 aliphatic heterocycles. The van der Waals surface area contributed by atoms with Gasteiger partial charge in [-0.1, -0.05) is 36.3 Å². The molecule has 1 saturated heterocycles. The molecule has 0 bridgehead atoms. The Morgan fingerprint density at radius 1 is 0.903 bits per heavy atom. The van der Waals surface area contributed by atoms with Gasteiger partial charge >= 0.3 is 0 Å². The summed E-state index contributed by atoms with van der Waals surface area (Å²) in [6.07, 6.45) is 7.25. The van der Waals surface area contributed by atoms with Gasteiger partial charge in [0.2, 0.25) is 0 Å². The second-order valence-corrected chi connectivity index (χ2v) is 7.53. The number of hydrogen-bond donors (Lipinski definition) is 1. The number of aromatic nitrogens is 3. The number of pyridine rings is 1. The summed E-state index contributed by atoms with van der Waals surface area (Å²) < 4.78 is 5.40. The lowest BCUT2D eigenvalue weighted by Gasteiger charge is -2.27. The van der Waals surface area contributed by atoms with Gasteiger partial charge in [-0.05, 0) is 49.3 Å². The number of nitrogens with zero attached hydrogens (tertiary/aromatic N) is 4. The Bertz CT molecular complexity index is 1040. The number of rotatable bonds is 6. The van der Waals surface area contributed by atoms with Gasteiger partial charge in [-0.2, -0.15) is 0 Å². The average molecular weight is 414 g/mol. The predicted octanol–water partition coefficient (Wildman–Crippen LogP) is 3.26. The zero-order valence-electron chi connectivity index (χ0n) is 17.6. The van der Waals surface area contributed by atoms with Crippen molar-refractivity contribution in [1.82, 2.24) is 15.0 Å². The first-order valence-corrected chi connectivity index (χ1v) is 10.7. The van der Waals surface area contributed by atoms with E-state index in [0.717, 1.165) is 68.9 Å². The SMILES string of the molecule is Nc1ncnc(C#Cc2ccc(N3CCOCC3)nc2)c1CCCCc1ccccc1. The van der Waals surface area contributed by atoms with Crippen molar-refractivity contribution >= 4 is 11.6 Å². The van der Waals surface area contributed by atoms with Crippen molar-refractivity contribution in [2.24, 2.45) is 0 Å². The highest BCUT2D eigenvalue weighted by Crippen LogP contribution is 2.17. The summed E-state index contributed by atoms with van der Waals surface area (Å²) in [5, 5.41) is 0. The van der Waals surface area contributed by atoms with E-state index in [9.17, 15) is 0 Å². The van der Waals surface area contributed by atoms with E-state index in [4.69, 9.17) is 10.5 Å². The molecule has 158 valence electrons. The number of aryl methyl sites for hydroxylation is 1. The Balaban J connectivity index is 1.39. The Morgan fingerprint density at radius 3 is 2.48 bits per heavy atom. The van der Waals surface area contributed by atoms with Crippen LogP contribution in [0.5, 0.6) is 0 Å². The van der Waals surface area contributed by atoms with E-state index in [1.165, 1.54) is 11.9 Å². The van der Waals surface area contributed by atoms with Crippen LogP contribution in [-0.2, 0) is 17.6 Å². The van der Waals surface area contributed by atoms with E-state index >= 15 is 0 Å². The largest absolute Gasteiger partial charge is 0.383 e. The number of nitrogen functional groups attached to an aromatic ring is 1. The van der Waals surface area contributed by atoms with Crippen molar-refractivity contribution in [3.8, 4) is 11.8 Å². The first kappa shape index (κ1) is 20.8. The van der Waals surface area contributed by atoms with Crippen molar-refractivity contribution in [1.29, 1.82) is 0 Å². The van der Waals surface area contributed by atoms with E-state index in [0.29, 0.717) is 11.5 Å². The third kappa shape index (κ3) is 5.80. The lowest BCUT2D eigenvalue weighted by atomic mass is 10.0. The van der Waals surface area contributed by atoms with Gasteiger partial charge in [0, 0.05) is 30.4 Å². The number of anilines is 2. The fraction of sp³-hybridized carbons (Fsp3) is 0.320. The van der Waals surface area contributed by atoms with Crippen LogP contribution in [0.3, 0.4) is 0 Å². The van der Waals surface area contributed by atoms with Crippen LogP contribution >= 0.6 is 0 Å². The van der Waals surface area contributed by atoms with Crippen LogP contribution in [0.2, 0.25) is 0 Å². The van der Waals surface area contributed by atoms with E-state index < -0.39 is 0 Å². The van der Waals surface area contributed by atoms with E-state index in [2.05, 4.69) is 56.0 Å². The van der Waals surface area contributed by atoms with Gasteiger partial charge in [0.1, 0.15) is 23.7 Å². The lowest BCUT2D eigenvalue weighted by molar-refractivity contribution is 0.122. The van der Waals surface area contributed by atoms with Crippen LogP contribution in [0.4, 0.5) is 11.6 Å². The number of benzene rings is 1. The van der Waals surface area contributed by atoms with Crippen LogP contribution in [0, 0.1) is 11.8 Å². The van der Waals surface area contributed by atoms with Gasteiger partial charge in [0.25, 0.3) is 0 Å². The summed E-state index contributed by atoms with van der Waals surface area (Å²) in [7, 11) is 0. The van der Waals surface area contributed by atoms with E-state index in [1.54, 1.807) is 0 Å². The molecular formula is C25H27N5O. The van der Waals surface area contributed by atoms with Gasteiger partial charge in [-0.3, -0.25) is 0 Å². The molecule has 2 N–H and O–H groups in total. The molecule has 1 aliphatic rings. The van der Waals surface area contributed by atoms with Crippen LogP contribution < -0.4 is 10.6 Å². The molecule has 6 nitrogen and oxygen atoms in total. The summed E-state index contributed by atoms with van der Waals surface area (Å²) in [5.74, 6) is 7.82. The second kappa shape index (κ2) is 10.6. The molecule has 31 heavy (non-hydrogen) atoms. The molecule has 3 heterocycles. The fourth-order valence-electron chi connectivity index (χ4n) is 3.63. The molecule has 3 aromatic rings. The smallest absolute Gasteiger partial charge is 0.131 e. The minimum atomic E-state index is 0.514. The third-order valence-electron chi connectivity index (χ3n) is 5.37. The first-order valence-electron chi connectivity index (χ1n) is 10.7. The van der Waals surface area contributed by atoms with Gasteiger partial charge < -0.3 is 15.4 Å². The van der Waals surface area contributed by atoms with Crippen molar-refractivity contribution in [3.63, 3.8) is 0 Å². The molecule has 0 saturated carbocycles. The molecular weight excluding hydrogens is 386 g/mol. The Hall–Kier alpha value is -3.43. The second-order valence-electron chi connectivity index (χ2n) is 7.53. The molecule has 0 spiro atoms. The Morgan fingerprint density at radius 2 is 1.71 bits per heavy atom. The minimum absolute atomic E-state index is 0.514. The maximum Gasteiger partial charge on any atom is 0.131 e. The summed E-state index contributed by atoms with van der Waals surface area (Å²) in [4.78, 5) is 15.3. The monoisotopic (exact) mass is 413 g/mol. The normalized spacial score (nSPS) is 13.5. The van der Waals surface area contributed by atoms with Gasteiger partial charge in [0.05, 0.1) is 13.2 Å². The van der Waals surface area contributed by atoms with Crippen molar-refractivity contribution < 1.29 is 4.74 Å². The molecule has 2 aromatic heterocycles. The summed E-state index contributed by atoms with van der Waals surface area (Å²) in [5.41, 5.74) is 9.97.